The minimum Gasteiger partial charge on any atom is -0.476 e. The van der Waals surface area contributed by atoms with Gasteiger partial charge in [0.05, 0.1) is 17.8 Å². The van der Waals surface area contributed by atoms with Gasteiger partial charge in [-0.05, 0) is 73.1 Å². The maximum absolute atomic E-state index is 14.6. The Morgan fingerprint density at radius 2 is 1.90 bits per heavy atom. The van der Waals surface area contributed by atoms with E-state index in [0.717, 1.165) is 68.1 Å². The number of hydrogen-bond acceptors (Lipinski definition) is 9. The first kappa shape index (κ1) is 26.3. The van der Waals surface area contributed by atoms with Gasteiger partial charge in [-0.2, -0.15) is 5.26 Å². The SMILES string of the molecule is N#Cc1ccc(-c2cc(F)ccc2Oc2cncnc2N2CCC3(CCN(c4nc(C(=O)O)cs4)C3)C2)c(C2CC2)c1. The predicted octanol–water partition coefficient (Wildman–Crippen LogP) is 6.09. The highest BCUT2D eigenvalue weighted by atomic mass is 32.1. The van der Waals surface area contributed by atoms with E-state index in [-0.39, 0.29) is 16.9 Å². The fourth-order valence-corrected chi connectivity index (χ4v) is 7.03. The highest BCUT2D eigenvalue weighted by Crippen LogP contribution is 2.48. The number of ether oxygens (including phenoxy) is 1. The average molecular weight is 583 g/mol. The van der Waals surface area contributed by atoms with Crippen molar-refractivity contribution in [1.82, 2.24) is 15.0 Å². The molecular formula is C31H27FN6O3S. The molecule has 1 atom stereocenters. The molecule has 3 aliphatic rings. The minimum absolute atomic E-state index is 0.0277. The molecule has 1 N–H and O–H groups in total. The number of carboxylic acids is 1. The van der Waals surface area contributed by atoms with E-state index in [9.17, 15) is 19.6 Å². The summed E-state index contributed by atoms with van der Waals surface area (Å²) in [6.07, 6.45) is 7.17. The highest BCUT2D eigenvalue weighted by Gasteiger charge is 2.45. The number of anilines is 2. The lowest BCUT2D eigenvalue weighted by atomic mass is 9.86. The Morgan fingerprint density at radius 3 is 2.67 bits per heavy atom. The molecule has 2 aromatic heterocycles. The van der Waals surface area contributed by atoms with Crippen molar-refractivity contribution in [3.05, 3.63) is 76.9 Å². The van der Waals surface area contributed by atoms with Crippen molar-refractivity contribution < 1.29 is 19.0 Å². The summed E-state index contributed by atoms with van der Waals surface area (Å²) in [6, 6.07) is 12.3. The van der Waals surface area contributed by atoms with E-state index >= 15 is 0 Å². The molecule has 4 aromatic rings. The molecule has 9 nitrogen and oxygen atoms in total. The largest absolute Gasteiger partial charge is 0.476 e. The molecule has 2 saturated heterocycles. The molecule has 2 aliphatic heterocycles. The van der Waals surface area contributed by atoms with Gasteiger partial charge in [-0.3, -0.25) is 0 Å². The van der Waals surface area contributed by atoms with Gasteiger partial charge in [0.1, 0.15) is 17.9 Å². The summed E-state index contributed by atoms with van der Waals surface area (Å²) in [7, 11) is 0. The lowest BCUT2D eigenvalue weighted by Crippen LogP contribution is -2.31. The molecule has 42 heavy (non-hydrogen) atoms. The van der Waals surface area contributed by atoms with Crippen LogP contribution in [0.5, 0.6) is 11.5 Å². The van der Waals surface area contributed by atoms with Crippen molar-refractivity contribution in [1.29, 1.82) is 5.26 Å². The van der Waals surface area contributed by atoms with Gasteiger partial charge in [-0.25, -0.2) is 24.1 Å². The zero-order chi connectivity index (χ0) is 28.8. The topological polar surface area (TPSA) is 115 Å². The van der Waals surface area contributed by atoms with Gasteiger partial charge >= 0.3 is 5.97 Å². The van der Waals surface area contributed by atoms with Crippen molar-refractivity contribution in [2.24, 2.45) is 5.41 Å². The summed E-state index contributed by atoms with van der Waals surface area (Å²) in [5.74, 6) is 0.646. The molecule has 1 spiro atoms. The molecule has 0 bridgehead atoms. The molecule has 11 heteroatoms. The fourth-order valence-electron chi connectivity index (χ4n) is 6.20. The summed E-state index contributed by atoms with van der Waals surface area (Å²) >= 11 is 1.36. The van der Waals surface area contributed by atoms with Crippen LogP contribution in [0.2, 0.25) is 0 Å². The van der Waals surface area contributed by atoms with E-state index in [4.69, 9.17) is 4.74 Å². The molecule has 4 heterocycles. The number of rotatable bonds is 7. The van der Waals surface area contributed by atoms with Crippen LogP contribution in [-0.4, -0.2) is 52.2 Å². The third kappa shape index (κ3) is 4.92. The van der Waals surface area contributed by atoms with Crippen LogP contribution in [0.15, 0.2) is 54.3 Å². The van der Waals surface area contributed by atoms with Crippen molar-refractivity contribution in [2.45, 2.75) is 31.6 Å². The minimum atomic E-state index is -1.01. The van der Waals surface area contributed by atoms with Gasteiger partial charge < -0.3 is 19.6 Å². The van der Waals surface area contributed by atoms with Crippen molar-refractivity contribution in [3.63, 3.8) is 0 Å². The number of nitrogens with zero attached hydrogens (tertiary/aromatic N) is 6. The molecule has 2 aromatic carbocycles. The first-order chi connectivity index (χ1) is 20.4. The van der Waals surface area contributed by atoms with Gasteiger partial charge in [-0.15, -0.1) is 11.3 Å². The third-order valence-corrected chi connectivity index (χ3v) is 9.37. The number of aromatic carboxylic acids is 1. The number of benzene rings is 2. The van der Waals surface area contributed by atoms with Gasteiger partial charge in [0.25, 0.3) is 0 Å². The molecule has 0 radical (unpaired) electrons. The molecule has 3 fully saturated rings. The second-order valence-corrected chi connectivity index (χ2v) is 12.1. The van der Waals surface area contributed by atoms with E-state index in [1.54, 1.807) is 23.7 Å². The lowest BCUT2D eigenvalue weighted by molar-refractivity contribution is 0.0691. The van der Waals surface area contributed by atoms with Crippen LogP contribution < -0.4 is 14.5 Å². The molecule has 1 saturated carbocycles. The van der Waals surface area contributed by atoms with Crippen LogP contribution in [0, 0.1) is 22.6 Å². The van der Waals surface area contributed by atoms with Crippen molar-refractivity contribution in [3.8, 4) is 28.7 Å². The lowest BCUT2D eigenvalue weighted by Gasteiger charge is -2.26. The summed E-state index contributed by atoms with van der Waals surface area (Å²) in [6.45, 7) is 3.17. The van der Waals surface area contributed by atoms with Gasteiger partial charge in [0, 0.05) is 42.5 Å². The van der Waals surface area contributed by atoms with E-state index in [1.165, 1.54) is 29.8 Å². The van der Waals surface area contributed by atoms with Crippen LogP contribution in [0.25, 0.3) is 11.1 Å². The molecular weight excluding hydrogens is 555 g/mol. The third-order valence-electron chi connectivity index (χ3n) is 8.47. The number of thiazole rings is 1. The summed E-state index contributed by atoms with van der Waals surface area (Å²) in [5.41, 5.74) is 3.23. The standard InChI is InChI=1S/C31H27FN6O3S/c32-21-4-6-26(24(12-21)22-5-1-19(13-33)11-23(22)20-2-3-20)41-27-14-34-18-35-28(27)37-9-7-31(16-37)8-10-38(17-31)30-36-25(15-42-30)29(39)40/h1,4-6,11-12,14-15,18,20H,2-3,7-10,16-17H2,(H,39,40). The zero-order valence-corrected chi connectivity index (χ0v) is 23.5. The Labute approximate surface area is 245 Å². The van der Waals surface area contributed by atoms with Crippen molar-refractivity contribution in [2.75, 3.05) is 36.0 Å². The first-order valence-corrected chi connectivity index (χ1v) is 14.8. The van der Waals surface area contributed by atoms with Gasteiger partial charge in [0.2, 0.25) is 0 Å². The number of hydrogen-bond donors (Lipinski definition) is 1. The monoisotopic (exact) mass is 582 g/mol. The molecule has 7 rings (SSSR count). The first-order valence-electron chi connectivity index (χ1n) is 13.9. The molecule has 1 unspecified atom stereocenters. The Balaban J connectivity index is 1.15. The predicted molar refractivity (Wildman–Crippen MR) is 156 cm³/mol. The van der Waals surface area contributed by atoms with E-state index in [0.29, 0.717) is 34.4 Å². The van der Waals surface area contributed by atoms with E-state index in [1.807, 2.05) is 12.1 Å². The van der Waals surface area contributed by atoms with Crippen LogP contribution in [-0.2, 0) is 0 Å². The molecule has 212 valence electrons. The van der Waals surface area contributed by atoms with Gasteiger partial charge in [-0.1, -0.05) is 6.07 Å². The van der Waals surface area contributed by atoms with E-state index < -0.39 is 5.97 Å². The smallest absolute Gasteiger partial charge is 0.355 e. The van der Waals surface area contributed by atoms with Crippen LogP contribution >= 0.6 is 11.3 Å². The quantitative estimate of drug-likeness (QED) is 0.277. The second-order valence-electron chi connectivity index (χ2n) is 11.3. The van der Waals surface area contributed by atoms with Crippen LogP contribution in [0.1, 0.15) is 53.2 Å². The maximum atomic E-state index is 14.6. The van der Waals surface area contributed by atoms with Crippen molar-refractivity contribution >= 4 is 28.3 Å². The average Bonchev–Trinajstić information content (AvgIpc) is 3.38. The number of halogens is 1. The molecule has 0 amide bonds. The number of carboxylic acid groups (broad SMARTS) is 1. The highest BCUT2D eigenvalue weighted by molar-refractivity contribution is 7.13. The fraction of sp³-hybridized carbons (Fsp3) is 0.323. The Hall–Kier alpha value is -4.56. The summed E-state index contributed by atoms with van der Waals surface area (Å²) in [4.78, 5) is 28.8. The Morgan fingerprint density at radius 1 is 1.10 bits per heavy atom. The van der Waals surface area contributed by atoms with Crippen LogP contribution in [0.3, 0.4) is 0 Å². The van der Waals surface area contributed by atoms with E-state index in [2.05, 4.69) is 30.8 Å². The zero-order valence-electron chi connectivity index (χ0n) is 22.7. The Kier molecular flexibility index (Phi) is 6.50. The number of carbonyl (C=O) groups is 1. The van der Waals surface area contributed by atoms with Crippen LogP contribution in [0.4, 0.5) is 15.3 Å². The van der Waals surface area contributed by atoms with Gasteiger partial charge in [0.15, 0.2) is 22.4 Å². The maximum Gasteiger partial charge on any atom is 0.355 e. The summed E-state index contributed by atoms with van der Waals surface area (Å²) in [5, 5.41) is 21.0. The Bertz CT molecular complexity index is 1730. The molecule has 1 aliphatic carbocycles. The summed E-state index contributed by atoms with van der Waals surface area (Å²) < 4.78 is 21.0. The normalized spacial score (nSPS) is 19.8. The number of aromatic nitrogens is 3. The second kappa shape index (κ2) is 10.4. The number of nitriles is 1.